The molecule has 1 aromatic rings. The first-order valence-electron chi connectivity index (χ1n) is 6.61. The molecule has 2 unspecified atom stereocenters. The van der Waals surface area contributed by atoms with Crippen molar-refractivity contribution in [3.8, 4) is 0 Å². The standard InChI is InChI=1S/C13H20BrN3O/c1-3-17-13(18)12(14)11(8-16-17)15-7-10-5-4-9(2)6-10/h8-10,15H,3-7H2,1-2H3. The Kier molecular flexibility index (Phi) is 4.43. The van der Waals surface area contributed by atoms with Crippen LogP contribution in [0.25, 0.3) is 0 Å². The Hall–Kier alpha value is -0.840. The molecule has 0 aromatic carbocycles. The highest BCUT2D eigenvalue weighted by Gasteiger charge is 2.21. The van der Waals surface area contributed by atoms with Gasteiger partial charge >= 0.3 is 0 Å². The second kappa shape index (κ2) is 5.87. The first-order chi connectivity index (χ1) is 8.61. The summed E-state index contributed by atoms with van der Waals surface area (Å²) in [5.41, 5.74) is 0.742. The Bertz CT molecular complexity index is 472. The van der Waals surface area contributed by atoms with Crippen LogP contribution in [0.3, 0.4) is 0 Å². The molecule has 100 valence electrons. The highest BCUT2D eigenvalue weighted by atomic mass is 79.9. The summed E-state index contributed by atoms with van der Waals surface area (Å²) in [6.07, 6.45) is 5.62. The molecule has 0 radical (unpaired) electrons. The Labute approximate surface area is 116 Å². The lowest BCUT2D eigenvalue weighted by Crippen LogP contribution is -2.24. The quantitative estimate of drug-likeness (QED) is 0.929. The summed E-state index contributed by atoms with van der Waals surface area (Å²) in [5, 5.41) is 7.47. The van der Waals surface area contributed by atoms with Gasteiger partial charge in [0.2, 0.25) is 0 Å². The fourth-order valence-electron chi connectivity index (χ4n) is 2.58. The van der Waals surface area contributed by atoms with E-state index in [2.05, 4.69) is 33.3 Å². The van der Waals surface area contributed by atoms with Crippen LogP contribution in [0.2, 0.25) is 0 Å². The van der Waals surface area contributed by atoms with Crippen LogP contribution in [0.1, 0.15) is 33.1 Å². The van der Waals surface area contributed by atoms with Crippen LogP contribution in [0.5, 0.6) is 0 Å². The molecule has 18 heavy (non-hydrogen) atoms. The van der Waals surface area contributed by atoms with E-state index in [0.717, 1.165) is 24.1 Å². The Morgan fingerprint density at radius 2 is 2.33 bits per heavy atom. The van der Waals surface area contributed by atoms with E-state index >= 15 is 0 Å². The normalized spacial score (nSPS) is 23.3. The van der Waals surface area contributed by atoms with Crippen molar-refractivity contribution in [1.82, 2.24) is 9.78 Å². The molecule has 1 N–H and O–H groups in total. The fraction of sp³-hybridized carbons (Fsp3) is 0.692. The molecule has 0 amide bonds. The van der Waals surface area contributed by atoms with Gasteiger partial charge in [-0.05, 0) is 47.5 Å². The summed E-state index contributed by atoms with van der Waals surface area (Å²) in [6.45, 7) is 5.74. The molecule has 0 bridgehead atoms. The van der Waals surface area contributed by atoms with E-state index in [1.807, 2.05) is 6.92 Å². The van der Waals surface area contributed by atoms with Crippen molar-refractivity contribution in [2.75, 3.05) is 11.9 Å². The molecule has 2 rings (SSSR count). The van der Waals surface area contributed by atoms with Gasteiger partial charge < -0.3 is 5.32 Å². The van der Waals surface area contributed by atoms with Crippen LogP contribution in [0.4, 0.5) is 5.69 Å². The summed E-state index contributed by atoms with van der Waals surface area (Å²) < 4.78 is 2.04. The molecule has 1 saturated carbocycles. The van der Waals surface area contributed by atoms with Crippen molar-refractivity contribution in [1.29, 1.82) is 0 Å². The zero-order valence-corrected chi connectivity index (χ0v) is 12.5. The molecule has 0 saturated heterocycles. The maximum absolute atomic E-state index is 11.9. The van der Waals surface area contributed by atoms with E-state index in [1.54, 1.807) is 6.20 Å². The molecular formula is C13H20BrN3O. The molecule has 1 aliphatic carbocycles. The fourth-order valence-corrected chi connectivity index (χ4v) is 3.03. The third kappa shape index (κ3) is 2.94. The van der Waals surface area contributed by atoms with Crippen molar-refractivity contribution < 1.29 is 0 Å². The third-order valence-corrected chi connectivity index (χ3v) is 4.44. The number of anilines is 1. The third-order valence-electron chi connectivity index (χ3n) is 3.67. The topological polar surface area (TPSA) is 46.9 Å². The zero-order valence-electron chi connectivity index (χ0n) is 10.9. The average Bonchev–Trinajstić information content (AvgIpc) is 2.77. The molecule has 4 nitrogen and oxygen atoms in total. The zero-order chi connectivity index (χ0) is 13.1. The SMILES string of the molecule is CCn1ncc(NCC2CCC(C)C2)c(Br)c1=O. The summed E-state index contributed by atoms with van der Waals surface area (Å²) in [6, 6.07) is 0. The van der Waals surface area contributed by atoms with E-state index in [9.17, 15) is 4.79 Å². The van der Waals surface area contributed by atoms with E-state index in [1.165, 1.54) is 23.9 Å². The average molecular weight is 314 g/mol. The van der Waals surface area contributed by atoms with E-state index in [0.29, 0.717) is 11.0 Å². The van der Waals surface area contributed by atoms with Crippen molar-refractivity contribution in [3.63, 3.8) is 0 Å². The highest BCUT2D eigenvalue weighted by molar-refractivity contribution is 9.10. The lowest BCUT2D eigenvalue weighted by Gasteiger charge is -2.13. The number of hydrogen-bond donors (Lipinski definition) is 1. The highest BCUT2D eigenvalue weighted by Crippen LogP contribution is 2.30. The number of aromatic nitrogens is 2. The first-order valence-corrected chi connectivity index (χ1v) is 7.40. The second-order valence-corrected chi connectivity index (χ2v) is 5.95. The summed E-state index contributed by atoms with van der Waals surface area (Å²) in [7, 11) is 0. The Morgan fingerprint density at radius 1 is 1.56 bits per heavy atom. The predicted octanol–water partition coefficient (Wildman–Crippen LogP) is 2.87. The lowest BCUT2D eigenvalue weighted by atomic mass is 10.1. The van der Waals surface area contributed by atoms with Crippen LogP contribution in [0, 0.1) is 11.8 Å². The van der Waals surface area contributed by atoms with E-state index in [4.69, 9.17) is 0 Å². The molecule has 0 aliphatic heterocycles. The van der Waals surface area contributed by atoms with Crippen LogP contribution >= 0.6 is 15.9 Å². The molecule has 0 spiro atoms. The number of halogens is 1. The summed E-state index contributed by atoms with van der Waals surface area (Å²) in [4.78, 5) is 11.9. The molecular weight excluding hydrogens is 294 g/mol. The van der Waals surface area contributed by atoms with Gasteiger partial charge in [-0.1, -0.05) is 13.3 Å². The van der Waals surface area contributed by atoms with Crippen molar-refractivity contribution in [3.05, 3.63) is 21.0 Å². The molecule has 1 aromatic heterocycles. The summed E-state index contributed by atoms with van der Waals surface area (Å²) >= 11 is 3.36. The largest absolute Gasteiger partial charge is 0.382 e. The summed E-state index contributed by atoms with van der Waals surface area (Å²) in [5.74, 6) is 1.56. The molecule has 5 heteroatoms. The second-order valence-electron chi connectivity index (χ2n) is 5.16. The number of hydrogen-bond acceptors (Lipinski definition) is 3. The smallest absolute Gasteiger partial charge is 0.283 e. The van der Waals surface area contributed by atoms with Gasteiger partial charge in [-0.15, -0.1) is 0 Å². The lowest BCUT2D eigenvalue weighted by molar-refractivity contribution is 0.536. The van der Waals surface area contributed by atoms with Gasteiger partial charge in [-0.2, -0.15) is 5.10 Å². The first kappa shape index (κ1) is 13.6. The van der Waals surface area contributed by atoms with Crippen LogP contribution in [0.15, 0.2) is 15.5 Å². The van der Waals surface area contributed by atoms with Gasteiger partial charge in [0.15, 0.2) is 0 Å². The van der Waals surface area contributed by atoms with Crippen LogP contribution in [-0.4, -0.2) is 16.3 Å². The molecule has 1 heterocycles. The minimum Gasteiger partial charge on any atom is -0.382 e. The van der Waals surface area contributed by atoms with Crippen molar-refractivity contribution in [2.24, 2.45) is 11.8 Å². The Morgan fingerprint density at radius 3 is 2.94 bits per heavy atom. The molecule has 1 fully saturated rings. The van der Waals surface area contributed by atoms with E-state index in [-0.39, 0.29) is 5.56 Å². The molecule has 1 aliphatic rings. The minimum atomic E-state index is -0.0673. The minimum absolute atomic E-state index is 0.0673. The monoisotopic (exact) mass is 313 g/mol. The number of rotatable bonds is 4. The van der Waals surface area contributed by atoms with Crippen LogP contribution in [-0.2, 0) is 6.54 Å². The Balaban J connectivity index is 2.02. The van der Waals surface area contributed by atoms with Crippen molar-refractivity contribution >= 4 is 21.6 Å². The number of aryl methyl sites for hydroxylation is 1. The van der Waals surface area contributed by atoms with Gasteiger partial charge in [0.05, 0.1) is 11.9 Å². The van der Waals surface area contributed by atoms with Gasteiger partial charge in [-0.25, -0.2) is 4.68 Å². The van der Waals surface area contributed by atoms with Crippen LogP contribution < -0.4 is 10.9 Å². The maximum atomic E-state index is 11.9. The van der Waals surface area contributed by atoms with Gasteiger partial charge in [0.1, 0.15) is 4.47 Å². The van der Waals surface area contributed by atoms with Gasteiger partial charge in [0, 0.05) is 13.1 Å². The van der Waals surface area contributed by atoms with Gasteiger partial charge in [-0.3, -0.25) is 4.79 Å². The van der Waals surface area contributed by atoms with Gasteiger partial charge in [0.25, 0.3) is 5.56 Å². The number of nitrogens with one attached hydrogen (secondary N) is 1. The molecule has 2 atom stereocenters. The maximum Gasteiger partial charge on any atom is 0.283 e. The van der Waals surface area contributed by atoms with Crippen molar-refractivity contribution in [2.45, 2.75) is 39.7 Å². The van der Waals surface area contributed by atoms with E-state index < -0.39 is 0 Å². The predicted molar refractivity (Wildman–Crippen MR) is 76.9 cm³/mol. The number of nitrogens with zero attached hydrogens (tertiary/aromatic N) is 2.